The summed E-state index contributed by atoms with van der Waals surface area (Å²) < 4.78 is 0. The fraction of sp³-hybridized carbons (Fsp3) is 0.375. The van der Waals surface area contributed by atoms with Crippen LogP contribution in [0, 0.1) is 5.92 Å². The maximum Gasteiger partial charge on any atom is 0.270 e. The van der Waals surface area contributed by atoms with E-state index >= 15 is 0 Å². The van der Waals surface area contributed by atoms with Crippen molar-refractivity contribution in [3.05, 3.63) is 36.0 Å². The third kappa shape index (κ3) is 3.70. The molecule has 1 aromatic carbocycles. The number of para-hydroxylation sites is 1. The van der Waals surface area contributed by atoms with Crippen LogP contribution >= 0.6 is 0 Å². The summed E-state index contributed by atoms with van der Waals surface area (Å²) in [4.78, 5) is 16.7. The first kappa shape index (κ1) is 15.3. The lowest BCUT2D eigenvalue weighted by atomic mass is 10.1. The molecule has 1 heterocycles. The van der Waals surface area contributed by atoms with Gasteiger partial charge in [-0.15, -0.1) is 0 Å². The van der Waals surface area contributed by atoms with Gasteiger partial charge in [0.05, 0.1) is 11.2 Å². The molecule has 0 saturated heterocycles. The Balaban J connectivity index is 2.27. The first-order valence-corrected chi connectivity index (χ1v) is 7.18. The Labute approximate surface area is 124 Å². The Morgan fingerprint density at radius 2 is 2.00 bits per heavy atom. The summed E-state index contributed by atoms with van der Waals surface area (Å²) in [7, 11) is 0. The molecule has 1 atom stereocenters. The SMILES string of the molecule is CC(C)CC(C)NC(=O)c1cc(NN)c2ccccc2n1. The maximum atomic E-state index is 12.3. The number of hydrazine groups is 1. The number of fused-ring (bicyclic) bond motifs is 1. The van der Waals surface area contributed by atoms with Crippen molar-refractivity contribution >= 4 is 22.5 Å². The summed E-state index contributed by atoms with van der Waals surface area (Å²) in [6.07, 6.45) is 0.932. The molecule has 5 heteroatoms. The molecule has 2 rings (SSSR count). The van der Waals surface area contributed by atoms with E-state index in [4.69, 9.17) is 5.84 Å². The molecule has 0 spiro atoms. The van der Waals surface area contributed by atoms with Crippen LogP contribution in [-0.2, 0) is 0 Å². The molecular weight excluding hydrogens is 264 g/mol. The first-order chi connectivity index (χ1) is 10.0. The fourth-order valence-corrected chi connectivity index (χ4v) is 2.47. The molecule has 0 aliphatic carbocycles. The largest absolute Gasteiger partial charge is 0.348 e. The molecule has 4 N–H and O–H groups in total. The number of aromatic nitrogens is 1. The van der Waals surface area contributed by atoms with Crippen LogP contribution in [0.2, 0.25) is 0 Å². The van der Waals surface area contributed by atoms with Crippen LogP contribution in [0.15, 0.2) is 30.3 Å². The second-order valence-corrected chi connectivity index (χ2v) is 5.72. The maximum absolute atomic E-state index is 12.3. The monoisotopic (exact) mass is 286 g/mol. The van der Waals surface area contributed by atoms with Crippen molar-refractivity contribution in [2.24, 2.45) is 11.8 Å². The molecule has 2 aromatic rings. The van der Waals surface area contributed by atoms with E-state index in [-0.39, 0.29) is 11.9 Å². The number of rotatable bonds is 5. The Bertz CT molecular complexity index is 639. The van der Waals surface area contributed by atoms with Crippen LogP contribution < -0.4 is 16.6 Å². The van der Waals surface area contributed by atoms with Gasteiger partial charge in [-0.2, -0.15) is 0 Å². The molecular formula is C16H22N4O. The first-order valence-electron chi connectivity index (χ1n) is 7.18. The van der Waals surface area contributed by atoms with E-state index in [2.05, 4.69) is 29.6 Å². The molecule has 0 aliphatic heterocycles. The van der Waals surface area contributed by atoms with Gasteiger partial charge in [0.25, 0.3) is 5.91 Å². The minimum Gasteiger partial charge on any atom is -0.348 e. The zero-order chi connectivity index (χ0) is 15.4. The van der Waals surface area contributed by atoms with Crippen LogP contribution in [-0.4, -0.2) is 16.9 Å². The number of carbonyl (C=O) groups excluding carboxylic acids is 1. The van der Waals surface area contributed by atoms with Crippen LogP contribution in [0.1, 0.15) is 37.7 Å². The predicted octanol–water partition coefficient (Wildman–Crippen LogP) is 2.68. The van der Waals surface area contributed by atoms with Gasteiger partial charge in [-0.3, -0.25) is 10.6 Å². The molecule has 0 bridgehead atoms. The van der Waals surface area contributed by atoms with E-state index in [9.17, 15) is 4.79 Å². The molecule has 5 nitrogen and oxygen atoms in total. The van der Waals surface area contributed by atoms with E-state index in [0.717, 1.165) is 17.3 Å². The number of hydrogen-bond donors (Lipinski definition) is 3. The highest BCUT2D eigenvalue weighted by atomic mass is 16.1. The zero-order valence-corrected chi connectivity index (χ0v) is 12.7. The minimum absolute atomic E-state index is 0.111. The second kappa shape index (κ2) is 6.54. The average molecular weight is 286 g/mol. The van der Waals surface area contributed by atoms with Crippen molar-refractivity contribution < 1.29 is 4.79 Å². The average Bonchev–Trinajstić information content (AvgIpc) is 2.44. The number of nitrogens with two attached hydrogens (primary N) is 1. The van der Waals surface area contributed by atoms with Gasteiger partial charge < -0.3 is 10.7 Å². The van der Waals surface area contributed by atoms with Gasteiger partial charge in [0.2, 0.25) is 0 Å². The Kier molecular flexibility index (Phi) is 4.75. The third-order valence-corrected chi connectivity index (χ3v) is 3.31. The smallest absolute Gasteiger partial charge is 0.270 e. The van der Waals surface area contributed by atoms with Crippen LogP contribution in [0.25, 0.3) is 10.9 Å². The summed E-state index contributed by atoms with van der Waals surface area (Å²) >= 11 is 0. The normalized spacial score (nSPS) is 12.4. The Hall–Kier alpha value is -2.14. The number of carbonyl (C=O) groups is 1. The van der Waals surface area contributed by atoms with E-state index in [0.29, 0.717) is 17.3 Å². The number of nitrogen functional groups attached to an aromatic ring is 1. The van der Waals surface area contributed by atoms with E-state index in [1.54, 1.807) is 6.07 Å². The van der Waals surface area contributed by atoms with Gasteiger partial charge in [0.15, 0.2) is 0 Å². The van der Waals surface area contributed by atoms with E-state index in [1.807, 2.05) is 31.2 Å². The van der Waals surface area contributed by atoms with Crippen molar-refractivity contribution in [2.45, 2.75) is 33.2 Å². The number of hydrogen-bond acceptors (Lipinski definition) is 4. The molecule has 0 fully saturated rings. The summed E-state index contributed by atoms with van der Waals surface area (Å²) in [5.41, 5.74) is 4.44. The van der Waals surface area contributed by atoms with Crippen LogP contribution in [0.4, 0.5) is 5.69 Å². The van der Waals surface area contributed by atoms with Gasteiger partial charge in [0.1, 0.15) is 5.69 Å². The number of anilines is 1. The summed E-state index contributed by atoms with van der Waals surface area (Å²) in [6.45, 7) is 6.27. The molecule has 0 radical (unpaired) electrons. The molecule has 1 aromatic heterocycles. The fourth-order valence-electron chi connectivity index (χ4n) is 2.47. The van der Waals surface area contributed by atoms with Crippen LogP contribution in [0.3, 0.4) is 0 Å². The predicted molar refractivity (Wildman–Crippen MR) is 85.9 cm³/mol. The number of pyridine rings is 1. The van der Waals surface area contributed by atoms with Crippen molar-refractivity contribution in [3.63, 3.8) is 0 Å². The van der Waals surface area contributed by atoms with Crippen molar-refractivity contribution in [2.75, 3.05) is 5.43 Å². The van der Waals surface area contributed by atoms with Gasteiger partial charge in [-0.05, 0) is 31.4 Å². The minimum atomic E-state index is -0.176. The summed E-state index contributed by atoms with van der Waals surface area (Å²) in [5.74, 6) is 5.90. The van der Waals surface area contributed by atoms with Crippen molar-refractivity contribution in [1.82, 2.24) is 10.3 Å². The van der Waals surface area contributed by atoms with Crippen molar-refractivity contribution in [1.29, 1.82) is 0 Å². The standard InChI is InChI=1S/C16H22N4O/c1-10(2)8-11(3)18-16(21)15-9-14(20-17)12-6-4-5-7-13(12)19-15/h4-7,9-11H,8,17H2,1-3H3,(H,18,21)(H,19,20). The Morgan fingerprint density at radius 1 is 1.29 bits per heavy atom. The van der Waals surface area contributed by atoms with Gasteiger partial charge in [-0.25, -0.2) is 4.98 Å². The van der Waals surface area contributed by atoms with E-state index in [1.165, 1.54) is 0 Å². The highest BCUT2D eigenvalue weighted by Crippen LogP contribution is 2.22. The van der Waals surface area contributed by atoms with E-state index < -0.39 is 0 Å². The number of nitrogens with zero attached hydrogens (tertiary/aromatic N) is 1. The molecule has 112 valence electrons. The summed E-state index contributed by atoms with van der Waals surface area (Å²) in [5, 5.41) is 3.87. The highest BCUT2D eigenvalue weighted by molar-refractivity contribution is 5.99. The lowest BCUT2D eigenvalue weighted by molar-refractivity contribution is 0.0931. The van der Waals surface area contributed by atoms with Gasteiger partial charge in [-0.1, -0.05) is 32.0 Å². The number of benzene rings is 1. The van der Waals surface area contributed by atoms with Gasteiger partial charge in [0, 0.05) is 11.4 Å². The molecule has 0 aliphatic rings. The lowest BCUT2D eigenvalue weighted by Gasteiger charge is -2.16. The second-order valence-electron chi connectivity index (χ2n) is 5.72. The quantitative estimate of drug-likeness (QED) is 0.583. The highest BCUT2D eigenvalue weighted by Gasteiger charge is 2.14. The molecule has 1 unspecified atom stereocenters. The van der Waals surface area contributed by atoms with Gasteiger partial charge >= 0.3 is 0 Å². The lowest BCUT2D eigenvalue weighted by Crippen LogP contribution is -2.34. The number of nitrogens with one attached hydrogen (secondary N) is 2. The topological polar surface area (TPSA) is 80.0 Å². The molecule has 0 saturated carbocycles. The van der Waals surface area contributed by atoms with Crippen LogP contribution in [0.5, 0.6) is 0 Å². The molecule has 21 heavy (non-hydrogen) atoms. The zero-order valence-electron chi connectivity index (χ0n) is 12.7. The summed E-state index contributed by atoms with van der Waals surface area (Å²) in [6, 6.07) is 9.37. The third-order valence-electron chi connectivity index (χ3n) is 3.31. The molecule has 1 amide bonds. The Morgan fingerprint density at radius 3 is 2.67 bits per heavy atom. The number of amides is 1. The van der Waals surface area contributed by atoms with Crippen molar-refractivity contribution in [3.8, 4) is 0 Å².